The first-order valence-corrected chi connectivity index (χ1v) is 14.8. The number of benzene rings is 2. The summed E-state index contributed by atoms with van der Waals surface area (Å²) in [7, 11) is -2.12. The highest BCUT2D eigenvalue weighted by molar-refractivity contribution is 6.74. The van der Waals surface area contributed by atoms with E-state index in [0.29, 0.717) is 33.9 Å². The van der Waals surface area contributed by atoms with Gasteiger partial charge in [-0.25, -0.2) is 0 Å². The molecular formula is C27H40O6Si. The summed E-state index contributed by atoms with van der Waals surface area (Å²) in [6.07, 6.45) is -0.190. The summed E-state index contributed by atoms with van der Waals surface area (Å²) in [5.41, 5.74) is 0.773. The average molecular weight is 489 g/mol. The van der Waals surface area contributed by atoms with E-state index in [0.717, 1.165) is 10.9 Å². The Morgan fingerprint density at radius 2 is 1.71 bits per heavy atom. The summed E-state index contributed by atoms with van der Waals surface area (Å²) >= 11 is 0. The van der Waals surface area contributed by atoms with Gasteiger partial charge in [0.05, 0.1) is 17.1 Å². The van der Waals surface area contributed by atoms with Crippen LogP contribution in [0.25, 0.3) is 10.8 Å². The van der Waals surface area contributed by atoms with Crippen LogP contribution in [0.15, 0.2) is 12.1 Å². The lowest BCUT2D eigenvalue weighted by atomic mass is 9.77. The van der Waals surface area contributed by atoms with Crippen LogP contribution in [0.4, 0.5) is 0 Å². The van der Waals surface area contributed by atoms with Gasteiger partial charge in [-0.2, -0.15) is 0 Å². The van der Waals surface area contributed by atoms with Gasteiger partial charge in [-0.15, -0.1) is 0 Å². The van der Waals surface area contributed by atoms with E-state index in [-0.39, 0.29) is 11.1 Å². The molecule has 3 rings (SSSR count). The minimum atomic E-state index is -2.12. The Kier molecular flexibility index (Phi) is 6.32. The Morgan fingerprint density at radius 1 is 1.12 bits per heavy atom. The number of aliphatic hydroxyl groups is 1. The molecule has 2 aromatic rings. The number of hydrogen-bond donors (Lipinski definition) is 1. The van der Waals surface area contributed by atoms with Crippen LogP contribution < -0.4 is 18.6 Å². The molecule has 1 atom stereocenters. The SMILES string of the molecule is CC(=O)Oc1c(OC(C)C)c2c(c3c(C)cc(O[Si](C)(C)C(C)(C)C)cc13)OC(C)(O)C2(C)C. The molecule has 0 aliphatic carbocycles. The molecule has 7 heteroatoms. The molecule has 6 nitrogen and oxygen atoms in total. The molecule has 0 saturated heterocycles. The van der Waals surface area contributed by atoms with Crippen molar-refractivity contribution in [1.82, 2.24) is 0 Å². The van der Waals surface area contributed by atoms with Gasteiger partial charge in [0, 0.05) is 24.6 Å². The van der Waals surface area contributed by atoms with Crippen molar-refractivity contribution >= 4 is 25.1 Å². The van der Waals surface area contributed by atoms with Gasteiger partial charge in [0.1, 0.15) is 11.5 Å². The zero-order chi connectivity index (χ0) is 26.0. The fourth-order valence-electron chi connectivity index (χ4n) is 4.03. The van der Waals surface area contributed by atoms with Gasteiger partial charge < -0.3 is 23.7 Å². The number of carbonyl (C=O) groups excluding carboxylic acids is 1. The van der Waals surface area contributed by atoms with Crippen molar-refractivity contribution in [3.63, 3.8) is 0 Å². The van der Waals surface area contributed by atoms with Crippen molar-refractivity contribution in [1.29, 1.82) is 0 Å². The van der Waals surface area contributed by atoms with Gasteiger partial charge in [-0.1, -0.05) is 20.8 Å². The largest absolute Gasteiger partial charge is 0.543 e. The Morgan fingerprint density at radius 3 is 2.21 bits per heavy atom. The Hall–Kier alpha value is -2.25. The number of fused-ring (bicyclic) bond motifs is 3. The average Bonchev–Trinajstić information content (AvgIpc) is 2.80. The van der Waals surface area contributed by atoms with Crippen LogP contribution in [0.2, 0.25) is 18.1 Å². The molecule has 2 aromatic carbocycles. The third-order valence-electron chi connectivity index (χ3n) is 7.31. The predicted molar refractivity (Wildman–Crippen MR) is 138 cm³/mol. The van der Waals surface area contributed by atoms with Crippen molar-refractivity contribution in [3.8, 4) is 23.0 Å². The van der Waals surface area contributed by atoms with E-state index >= 15 is 0 Å². The zero-order valence-electron chi connectivity index (χ0n) is 22.7. The molecule has 1 aliphatic heterocycles. The van der Waals surface area contributed by atoms with E-state index in [9.17, 15) is 9.90 Å². The van der Waals surface area contributed by atoms with Gasteiger partial charge in [-0.05, 0) is 70.4 Å². The maximum atomic E-state index is 12.2. The molecule has 0 amide bonds. The summed E-state index contributed by atoms with van der Waals surface area (Å²) < 4.78 is 24.9. The quantitative estimate of drug-likeness (QED) is 0.289. The summed E-state index contributed by atoms with van der Waals surface area (Å²) in [5, 5.41) is 12.7. The number of esters is 1. The Labute approximate surface area is 204 Å². The van der Waals surface area contributed by atoms with E-state index in [1.165, 1.54) is 6.92 Å². The summed E-state index contributed by atoms with van der Waals surface area (Å²) in [4.78, 5) is 12.2. The number of carbonyl (C=O) groups is 1. The maximum Gasteiger partial charge on any atom is 0.308 e. The Balaban J connectivity index is 2.44. The highest BCUT2D eigenvalue weighted by Crippen LogP contribution is 2.59. The van der Waals surface area contributed by atoms with Crippen LogP contribution in [-0.2, 0) is 10.2 Å². The highest BCUT2D eigenvalue weighted by atomic mass is 28.4. The summed E-state index contributed by atoms with van der Waals surface area (Å²) in [5.74, 6) is 0.0751. The van der Waals surface area contributed by atoms with Gasteiger partial charge in [-0.3, -0.25) is 4.79 Å². The lowest BCUT2D eigenvalue weighted by Gasteiger charge is -2.36. The summed E-state index contributed by atoms with van der Waals surface area (Å²) in [6.45, 7) is 23.6. The third-order valence-corrected chi connectivity index (χ3v) is 11.7. The first kappa shape index (κ1) is 26.4. The molecular weight excluding hydrogens is 448 g/mol. The molecule has 188 valence electrons. The van der Waals surface area contributed by atoms with E-state index < -0.39 is 25.5 Å². The van der Waals surface area contributed by atoms with Gasteiger partial charge in [0.15, 0.2) is 11.5 Å². The number of aryl methyl sites for hydroxylation is 1. The molecule has 0 bridgehead atoms. The van der Waals surface area contributed by atoms with Crippen molar-refractivity contribution in [2.75, 3.05) is 0 Å². The van der Waals surface area contributed by atoms with E-state index in [1.54, 1.807) is 6.92 Å². The number of ether oxygens (including phenoxy) is 3. The summed E-state index contributed by atoms with van der Waals surface area (Å²) in [6, 6.07) is 3.89. The molecule has 0 saturated carbocycles. The zero-order valence-corrected chi connectivity index (χ0v) is 23.7. The second-order valence-electron chi connectivity index (χ2n) is 11.9. The Bertz CT molecular complexity index is 1140. The molecule has 0 aromatic heterocycles. The second kappa shape index (κ2) is 8.16. The molecule has 0 radical (unpaired) electrons. The van der Waals surface area contributed by atoms with Gasteiger partial charge in [0.25, 0.3) is 0 Å². The topological polar surface area (TPSA) is 74.2 Å². The fraction of sp³-hybridized carbons (Fsp3) is 0.593. The minimum Gasteiger partial charge on any atom is -0.543 e. The van der Waals surface area contributed by atoms with E-state index in [1.807, 2.05) is 46.8 Å². The normalized spacial score (nSPS) is 19.7. The van der Waals surface area contributed by atoms with Crippen molar-refractivity contribution in [2.45, 2.75) is 105 Å². The van der Waals surface area contributed by atoms with E-state index in [2.05, 4.69) is 33.9 Å². The van der Waals surface area contributed by atoms with Crippen molar-refractivity contribution < 1.29 is 28.5 Å². The standard InChI is InChI=1S/C27H40O6Si/c1-15(2)30-24-21-23(32-27(10,29)26(21,8)9)20-16(3)13-18(33-34(11,12)25(5,6)7)14-19(20)22(24)31-17(4)28/h13-15,29H,1-12H3. The number of rotatable bonds is 5. The molecule has 1 aliphatic rings. The highest BCUT2D eigenvalue weighted by Gasteiger charge is 2.54. The first-order valence-electron chi connectivity index (χ1n) is 11.9. The molecule has 34 heavy (non-hydrogen) atoms. The molecule has 0 fully saturated rings. The fourth-order valence-corrected chi connectivity index (χ4v) is 5.04. The number of hydrogen-bond acceptors (Lipinski definition) is 6. The molecule has 1 unspecified atom stereocenters. The van der Waals surface area contributed by atoms with Crippen molar-refractivity contribution in [3.05, 3.63) is 23.3 Å². The first-order chi connectivity index (χ1) is 15.3. The van der Waals surface area contributed by atoms with Gasteiger partial charge >= 0.3 is 5.97 Å². The second-order valence-corrected chi connectivity index (χ2v) is 16.6. The lowest BCUT2D eigenvalue weighted by Crippen LogP contribution is -2.45. The minimum absolute atomic E-state index is 0.0181. The van der Waals surface area contributed by atoms with Crippen LogP contribution in [0.5, 0.6) is 23.0 Å². The molecule has 1 heterocycles. The van der Waals surface area contributed by atoms with Crippen LogP contribution in [0, 0.1) is 6.92 Å². The van der Waals surface area contributed by atoms with Crippen LogP contribution in [0.3, 0.4) is 0 Å². The van der Waals surface area contributed by atoms with Gasteiger partial charge in [0.2, 0.25) is 14.1 Å². The maximum absolute atomic E-state index is 12.2. The predicted octanol–water partition coefficient (Wildman–Crippen LogP) is 6.62. The van der Waals surface area contributed by atoms with Crippen LogP contribution >= 0.6 is 0 Å². The van der Waals surface area contributed by atoms with Crippen molar-refractivity contribution in [2.24, 2.45) is 0 Å². The van der Waals surface area contributed by atoms with E-state index in [4.69, 9.17) is 18.6 Å². The van der Waals surface area contributed by atoms with Crippen LogP contribution in [-0.4, -0.2) is 31.3 Å². The molecule has 1 N–H and O–H groups in total. The van der Waals surface area contributed by atoms with Crippen LogP contribution in [0.1, 0.15) is 73.4 Å². The lowest BCUT2D eigenvalue weighted by molar-refractivity contribution is -0.148. The molecule has 0 spiro atoms. The third kappa shape index (κ3) is 4.28. The monoisotopic (exact) mass is 488 g/mol. The smallest absolute Gasteiger partial charge is 0.308 e.